The summed E-state index contributed by atoms with van der Waals surface area (Å²) in [5.74, 6) is 0.948. The number of nitrogens with zero attached hydrogens (tertiary/aromatic N) is 2. The van der Waals surface area contributed by atoms with Crippen LogP contribution in [0.15, 0.2) is 53.5 Å². The third-order valence-corrected chi connectivity index (χ3v) is 5.11. The minimum atomic E-state index is -0.924. The van der Waals surface area contributed by atoms with Crippen molar-refractivity contribution >= 4 is 11.9 Å². The first-order valence-corrected chi connectivity index (χ1v) is 8.53. The second-order valence-electron chi connectivity index (χ2n) is 6.97. The van der Waals surface area contributed by atoms with Crippen molar-refractivity contribution in [1.29, 1.82) is 0 Å². The molecular formula is C20H21N3O2. The van der Waals surface area contributed by atoms with Crippen LogP contribution >= 0.6 is 0 Å². The van der Waals surface area contributed by atoms with Gasteiger partial charge in [0.2, 0.25) is 0 Å². The third kappa shape index (κ3) is 2.65. The molecule has 2 aliphatic rings. The number of nitrogens with two attached hydrogens (primary N) is 1. The standard InChI is InChI=1S/C20H21N3O2/c1-23-18(25)20(22-19(23)21,12-13-8-9-13)16-6-2-4-14(10-16)15-5-3-7-17(24)11-15/h2-7,10-11,13,24H,8-9,12H2,1H3,(H2,21,22). The van der Waals surface area contributed by atoms with Gasteiger partial charge in [0.15, 0.2) is 11.5 Å². The van der Waals surface area contributed by atoms with Crippen molar-refractivity contribution in [3.8, 4) is 16.9 Å². The van der Waals surface area contributed by atoms with E-state index in [1.54, 1.807) is 19.2 Å². The molecule has 0 radical (unpaired) electrons. The van der Waals surface area contributed by atoms with Gasteiger partial charge in [-0.25, -0.2) is 4.99 Å². The molecular weight excluding hydrogens is 314 g/mol. The molecule has 25 heavy (non-hydrogen) atoms. The summed E-state index contributed by atoms with van der Waals surface area (Å²) in [7, 11) is 1.68. The Labute approximate surface area is 146 Å². The number of aromatic hydroxyl groups is 1. The Bertz CT molecular complexity index is 873. The topological polar surface area (TPSA) is 78.9 Å². The van der Waals surface area contributed by atoms with E-state index in [4.69, 9.17) is 5.73 Å². The molecule has 0 spiro atoms. The predicted molar refractivity (Wildman–Crippen MR) is 97.0 cm³/mol. The number of amides is 1. The number of aliphatic imine (C=N–C) groups is 1. The highest BCUT2D eigenvalue weighted by molar-refractivity contribution is 6.07. The van der Waals surface area contributed by atoms with Gasteiger partial charge in [-0.3, -0.25) is 9.69 Å². The fraction of sp³-hybridized carbons (Fsp3) is 0.300. The maximum absolute atomic E-state index is 13.0. The summed E-state index contributed by atoms with van der Waals surface area (Å²) in [4.78, 5) is 19.0. The van der Waals surface area contributed by atoms with Crippen molar-refractivity contribution in [3.05, 3.63) is 54.1 Å². The molecule has 1 aliphatic carbocycles. The van der Waals surface area contributed by atoms with Crippen molar-refractivity contribution in [2.75, 3.05) is 7.05 Å². The Kier molecular flexibility index (Phi) is 3.53. The van der Waals surface area contributed by atoms with Crippen LogP contribution < -0.4 is 5.73 Å². The molecule has 5 heteroatoms. The highest BCUT2D eigenvalue weighted by Gasteiger charge is 2.50. The largest absolute Gasteiger partial charge is 0.508 e. The number of guanidine groups is 1. The predicted octanol–water partition coefficient (Wildman–Crippen LogP) is 2.84. The minimum absolute atomic E-state index is 0.0649. The van der Waals surface area contributed by atoms with Gasteiger partial charge in [-0.1, -0.05) is 43.2 Å². The van der Waals surface area contributed by atoms with E-state index in [0.717, 1.165) is 29.5 Å². The van der Waals surface area contributed by atoms with Crippen molar-refractivity contribution in [2.24, 2.45) is 16.6 Å². The average molecular weight is 335 g/mol. The summed E-state index contributed by atoms with van der Waals surface area (Å²) in [6.07, 6.45) is 2.97. The van der Waals surface area contributed by atoms with Crippen LogP contribution in [0, 0.1) is 5.92 Å². The summed E-state index contributed by atoms with van der Waals surface area (Å²) >= 11 is 0. The van der Waals surface area contributed by atoms with E-state index in [9.17, 15) is 9.90 Å². The van der Waals surface area contributed by atoms with Crippen LogP contribution in [-0.4, -0.2) is 28.9 Å². The number of phenols is 1. The van der Waals surface area contributed by atoms with Gasteiger partial charge in [-0.2, -0.15) is 0 Å². The van der Waals surface area contributed by atoms with Crippen LogP contribution in [0.25, 0.3) is 11.1 Å². The molecule has 2 aromatic carbocycles. The molecule has 1 heterocycles. The number of hydrogen-bond acceptors (Lipinski definition) is 4. The summed E-state index contributed by atoms with van der Waals surface area (Å²) in [6, 6.07) is 14.9. The third-order valence-electron chi connectivity index (χ3n) is 5.11. The van der Waals surface area contributed by atoms with Crippen molar-refractivity contribution in [1.82, 2.24) is 4.90 Å². The van der Waals surface area contributed by atoms with Gasteiger partial charge in [-0.05, 0) is 47.2 Å². The summed E-state index contributed by atoms with van der Waals surface area (Å²) < 4.78 is 0. The molecule has 4 rings (SSSR count). The molecule has 1 amide bonds. The fourth-order valence-electron chi connectivity index (χ4n) is 3.52. The minimum Gasteiger partial charge on any atom is -0.508 e. The van der Waals surface area contributed by atoms with Crippen molar-refractivity contribution < 1.29 is 9.90 Å². The number of rotatable bonds is 4. The van der Waals surface area contributed by atoms with Gasteiger partial charge in [0.25, 0.3) is 5.91 Å². The second-order valence-corrected chi connectivity index (χ2v) is 6.97. The summed E-state index contributed by atoms with van der Waals surface area (Å²) in [6.45, 7) is 0. The first kappa shape index (κ1) is 15.7. The molecule has 0 aromatic heterocycles. The van der Waals surface area contributed by atoms with Crippen molar-refractivity contribution in [3.63, 3.8) is 0 Å². The average Bonchev–Trinajstić information content (AvgIpc) is 3.40. The normalized spacial score (nSPS) is 23.0. The lowest BCUT2D eigenvalue weighted by Crippen LogP contribution is -2.40. The monoisotopic (exact) mass is 335 g/mol. The molecule has 1 atom stereocenters. The van der Waals surface area contributed by atoms with Crippen LogP contribution in [0.1, 0.15) is 24.8 Å². The Morgan fingerprint density at radius 3 is 2.48 bits per heavy atom. The Morgan fingerprint density at radius 2 is 1.88 bits per heavy atom. The van der Waals surface area contributed by atoms with E-state index in [2.05, 4.69) is 4.99 Å². The van der Waals surface area contributed by atoms with Gasteiger partial charge in [0, 0.05) is 7.05 Å². The lowest BCUT2D eigenvalue weighted by molar-refractivity contribution is -0.131. The molecule has 128 valence electrons. The van der Waals surface area contributed by atoms with Crippen LogP contribution in [-0.2, 0) is 10.3 Å². The van der Waals surface area contributed by atoms with Gasteiger partial charge < -0.3 is 10.8 Å². The van der Waals surface area contributed by atoms with E-state index in [1.807, 2.05) is 36.4 Å². The Balaban J connectivity index is 1.81. The van der Waals surface area contributed by atoms with Crippen molar-refractivity contribution in [2.45, 2.75) is 24.8 Å². The summed E-state index contributed by atoms with van der Waals surface area (Å²) in [5.41, 5.74) is 7.75. The molecule has 1 unspecified atom stereocenters. The number of phenolic OH excluding ortho intramolecular Hbond substituents is 1. The SMILES string of the molecule is CN1C(=O)C(CC2CC2)(c2cccc(-c3cccc(O)c3)c2)N=C1N. The number of carbonyl (C=O) groups is 1. The van der Waals surface area contributed by atoms with E-state index in [1.165, 1.54) is 4.90 Å². The molecule has 0 bridgehead atoms. The van der Waals surface area contributed by atoms with Gasteiger partial charge in [-0.15, -0.1) is 0 Å². The molecule has 3 N–H and O–H groups in total. The lowest BCUT2D eigenvalue weighted by Gasteiger charge is -2.26. The van der Waals surface area contributed by atoms with Gasteiger partial charge in [0.05, 0.1) is 0 Å². The van der Waals surface area contributed by atoms with E-state index in [0.29, 0.717) is 12.3 Å². The van der Waals surface area contributed by atoms with Crippen LogP contribution in [0.2, 0.25) is 0 Å². The zero-order valence-electron chi connectivity index (χ0n) is 14.1. The highest BCUT2D eigenvalue weighted by atomic mass is 16.3. The highest BCUT2D eigenvalue weighted by Crippen LogP contribution is 2.46. The number of hydrogen-bond donors (Lipinski definition) is 2. The smallest absolute Gasteiger partial charge is 0.261 e. The molecule has 1 aliphatic heterocycles. The Morgan fingerprint density at radius 1 is 1.20 bits per heavy atom. The van der Waals surface area contributed by atoms with E-state index < -0.39 is 5.54 Å². The first-order valence-electron chi connectivity index (χ1n) is 8.53. The van der Waals surface area contributed by atoms with Gasteiger partial charge in [0.1, 0.15) is 5.75 Å². The zero-order valence-corrected chi connectivity index (χ0v) is 14.1. The summed E-state index contributed by atoms with van der Waals surface area (Å²) in [5, 5.41) is 9.75. The number of carbonyl (C=O) groups excluding carboxylic acids is 1. The van der Waals surface area contributed by atoms with Crippen LogP contribution in [0.4, 0.5) is 0 Å². The van der Waals surface area contributed by atoms with Gasteiger partial charge >= 0.3 is 0 Å². The second kappa shape index (κ2) is 5.62. The molecule has 1 fully saturated rings. The lowest BCUT2D eigenvalue weighted by atomic mass is 9.83. The zero-order chi connectivity index (χ0) is 17.6. The number of likely N-dealkylation sites (N-methyl/N-ethyl adjacent to an activating group) is 1. The molecule has 2 aromatic rings. The fourth-order valence-corrected chi connectivity index (χ4v) is 3.52. The quantitative estimate of drug-likeness (QED) is 0.902. The van der Waals surface area contributed by atoms with Crippen LogP contribution in [0.5, 0.6) is 5.75 Å². The van der Waals surface area contributed by atoms with Crippen LogP contribution in [0.3, 0.4) is 0 Å². The molecule has 1 saturated carbocycles. The molecule has 0 saturated heterocycles. The first-order chi connectivity index (χ1) is 12.0. The van der Waals surface area contributed by atoms with E-state index in [-0.39, 0.29) is 17.6 Å². The van der Waals surface area contributed by atoms with E-state index >= 15 is 0 Å². The number of benzene rings is 2. The Hall–Kier alpha value is -2.82. The molecule has 5 nitrogen and oxygen atoms in total. The maximum atomic E-state index is 13.0. The maximum Gasteiger partial charge on any atom is 0.261 e.